The van der Waals surface area contributed by atoms with E-state index in [0.717, 1.165) is 31.7 Å². The Balaban J connectivity index is 1.67. The Morgan fingerprint density at radius 2 is 1.78 bits per heavy atom. The fraction of sp³-hybridized carbons (Fsp3) is 0.704. The minimum atomic E-state index is -0.689. The summed E-state index contributed by atoms with van der Waals surface area (Å²) < 4.78 is 0. The molecule has 0 bridgehead atoms. The van der Waals surface area contributed by atoms with E-state index < -0.39 is 6.04 Å². The van der Waals surface area contributed by atoms with Crippen molar-refractivity contribution in [2.45, 2.75) is 70.4 Å². The molecule has 9 heteroatoms. The van der Waals surface area contributed by atoms with Crippen LogP contribution in [-0.2, 0) is 16.0 Å². The summed E-state index contributed by atoms with van der Waals surface area (Å²) in [6.45, 7) is 9.75. The molecule has 4 N–H and O–H groups in total. The van der Waals surface area contributed by atoms with Crippen LogP contribution in [0.25, 0.3) is 0 Å². The van der Waals surface area contributed by atoms with E-state index in [2.05, 4.69) is 29.4 Å². The predicted octanol–water partition coefficient (Wildman–Crippen LogP) is 3.46. The zero-order valence-electron chi connectivity index (χ0n) is 21.8. The SMILES string of the molecule is CC(C)CNCC1(N2CCN(C(=O)[C@@H](Cc3ccc(Cl)cc3Cl)NC(=O)CCN)CC2)CCCCC1. The van der Waals surface area contributed by atoms with Crippen molar-refractivity contribution in [1.29, 1.82) is 0 Å². The average molecular weight is 541 g/mol. The average Bonchev–Trinajstić information content (AvgIpc) is 2.85. The third-order valence-electron chi connectivity index (χ3n) is 7.50. The van der Waals surface area contributed by atoms with E-state index in [4.69, 9.17) is 28.9 Å². The van der Waals surface area contributed by atoms with Crippen molar-refractivity contribution in [3.63, 3.8) is 0 Å². The molecule has 2 aliphatic rings. The van der Waals surface area contributed by atoms with Gasteiger partial charge in [0.05, 0.1) is 0 Å². The molecule has 2 fully saturated rings. The largest absolute Gasteiger partial charge is 0.344 e. The summed E-state index contributed by atoms with van der Waals surface area (Å²) >= 11 is 12.4. The second kappa shape index (κ2) is 14.0. The molecule has 0 spiro atoms. The van der Waals surface area contributed by atoms with Crippen molar-refractivity contribution >= 4 is 35.0 Å². The Kier molecular flexibility index (Phi) is 11.3. The number of hydrogen-bond acceptors (Lipinski definition) is 5. The van der Waals surface area contributed by atoms with Crippen LogP contribution < -0.4 is 16.4 Å². The van der Waals surface area contributed by atoms with Crippen LogP contribution in [0, 0.1) is 5.92 Å². The van der Waals surface area contributed by atoms with Gasteiger partial charge in [-0.25, -0.2) is 0 Å². The van der Waals surface area contributed by atoms with Gasteiger partial charge in [0, 0.05) is 67.7 Å². The van der Waals surface area contributed by atoms with Crippen LogP contribution in [0.15, 0.2) is 18.2 Å². The summed E-state index contributed by atoms with van der Waals surface area (Å²) in [7, 11) is 0. The van der Waals surface area contributed by atoms with Crippen LogP contribution in [-0.4, -0.2) is 79.0 Å². The van der Waals surface area contributed by atoms with E-state index in [1.54, 1.807) is 12.1 Å². The Morgan fingerprint density at radius 3 is 2.39 bits per heavy atom. The summed E-state index contributed by atoms with van der Waals surface area (Å²) in [5.41, 5.74) is 6.52. The molecule has 1 atom stereocenters. The molecule has 1 aliphatic heterocycles. The number of amides is 2. The first-order valence-corrected chi connectivity index (χ1v) is 14.2. The maximum absolute atomic E-state index is 13.6. The molecule has 0 radical (unpaired) electrons. The normalized spacial score (nSPS) is 19.3. The highest BCUT2D eigenvalue weighted by Crippen LogP contribution is 2.34. The molecule has 2 amide bonds. The molecule has 202 valence electrons. The maximum atomic E-state index is 13.6. The summed E-state index contributed by atoms with van der Waals surface area (Å²) in [6, 6.07) is 4.54. The van der Waals surface area contributed by atoms with Crippen LogP contribution in [0.1, 0.15) is 57.9 Å². The molecule has 1 saturated carbocycles. The Bertz CT molecular complexity index is 868. The van der Waals surface area contributed by atoms with Crippen molar-refractivity contribution in [3.05, 3.63) is 33.8 Å². The lowest BCUT2D eigenvalue weighted by atomic mass is 9.79. The zero-order chi connectivity index (χ0) is 26.1. The summed E-state index contributed by atoms with van der Waals surface area (Å²) in [4.78, 5) is 30.5. The Hall–Kier alpha value is -1.38. The van der Waals surface area contributed by atoms with Gasteiger partial charge in [0.2, 0.25) is 11.8 Å². The van der Waals surface area contributed by atoms with Crippen molar-refractivity contribution in [3.8, 4) is 0 Å². The molecule has 0 unspecified atom stereocenters. The molecular weight excluding hydrogens is 497 g/mol. The van der Waals surface area contributed by atoms with Crippen molar-refractivity contribution < 1.29 is 9.59 Å². The van der Waals surface area contributed by atoms with E-state index in [1.165, 1.54) is 32.1 Å². The summed E-state index contributed by atoms with van der Waals surface area (Å²) in [6.07, 6.45) is 6.74. The fourth-order valence-corrected chi connectivity index (χ4v) is 6.02. The highest BCUT2D eigenvalue weighted by Gasteiger charge is 2.40. The molecule has 1 aromatic rings. The van der Waals surface area contributed by atoms with Gasteiger partial charge in [-0.3, -0.25) is 14.5 Å². The zero-order valence-corrected chi connectivity index (χ0v) is 23.3. The first-order valence-electron chi connectivity index (χ1n) is 13.4. The second-order valence-corrected chi connectivity index (χ2v) is 11.6. The van der Waals surface area contributed by atoms with Gasteiger partial charge < -0.3 is 21.3 Å². The fourth-order valence-electron chi connectivity index (χ4n) is 5.53. The highest BCUT2D eigenvalue weighted by atomic mass is 35.5. The minimum absolute atomic E-state index is 0.0679. The molecular formula is C27H43Cl2N5O2. The standard InChI is InChI=1S/C27H43Cl2N5O2/c1-20(2)18-31-19-27(9-4-3-5-10-27)34-14-12-33(13-15-34)26(36)24(32-25(35)8-11-30)16-21-6-7-22(28)17-23(21)29/h6-7,17,20,24,31H,3-5,8-16,18-19,30H2,1-2H3,(H,32,35)/t24-/m1/s1. The van der Waals surface area contributed by atoms with E-state index >= 15 is 0 Å². The number of nitrogens with zero attached hydrogens (tertiary/aromatic N) is 2. The number of hydrogen-bond donors (Lipinski definition) is 3. The van der Waals surface area contributed by atoms with Gasteiger partial charge in [-0.15, -0.1) is 0 Å². The first kappa shape index (κ1) is 29.2. The number of rotatable bonds is 11. The van der Waals surface area contributed by atoms with Crippen LogP contribution in [0.2, 0.25) is 10.0 Å². The second-order valence-electron chi connectivity index (χ2n) is 10.7. The topological polar surface area (TPSA) is 90.7 Å². The van der Waals surface area contributed by atoms with Gasteiger partial charge in [-0.1, -0.05) is 62.4 Å². The van der Waals surface area contributed by atoms with Gasteiger partial charge in [-0.05, 0) is 43.0 Å². The van der Waals surface area contributed by atoms with Crippen molar-refractivity contribution in [1.82, 2.24) is 20.4 Å². The molecule has 1 heterocycles. The number of halogens is 2. The molecule has 1 aliphatic carbocycles. The molecule has 1 saturated heterocycles. The lowest BCUT2D eigenvalue weighted by Gasteiger charge is -2.50. The maximum Gasteiger partial charge on any atom is 0.245 e. The summed E-state index contributed by atoms with van der Waals surface area (Å²) in [5.74, 6) is 0.333. The molecule has 3 rings (SSSR count). The van der Waals surface area contributed by atoms with Gasteiger partial charge in [-0.2, -0.15) is 0 Å². The number of benzene rings is 1. The third kappa shape index (κ3) is 8.06. The Morgan fingerprint density at radius 1 is 1.08 bits per heavy atom. The lowest BCUT2D eigenvalue weighted by molar-refractivity contribution is -0.139. The van der Waals surface area contributed by atoms with Crippen molar-refractivity contribution in [2.24, 2.45) is 11.7 Å². The number of carbonyl (C=O) groups is 2. The number of carbonyl (C=O) groups excluding carboxylic acids is 2. The van der Waals surface area contributed by atoms with Crippen molar-refractivity contribution in [2.75, 3.05) is 45.8 Å². The van der Waals surface area contributed by atoms with Gasteiger partial charge in [0.25, 0.3) is 0 Å². The number of nitrogens with two attached hydrogens (primary N) is 1. The van der Waals surface area contributed by atoms with E-state index in [9.17, 15) is 9.59 Å². The highest BCUT2D eigenvalue weighted by molar-refractivity contribution is 6.35. The minimum Gasteiger partial charge on any atom is -0.344 e. The third-order valence-corrected chi connectivity index (χ3v) is 8.08. The quantitative estimate of drug-likeness (QED) is 0.400. The summed E-state index contributed by atoms with van der Waals surface area (Å²) in [5, 5.41) is 7.64. The molecule has 36 heavy (non-hydrogen) atoms. The van der Waals surface area contributed by atoms with Crippen LogP contribution in [0.5, 0.6) is 0 Å². The Labute approximate surface area is 226 Å². The van der Waals surface area contributed by atoms with Crippen LogP contribution >= 0.6 is 23.2 Å². The predicted molar refractivity (Wildman–Crippen MR) is 147 cm³/mol. The molecule has 0 aromatic heterocycles. The van der Waals surface area contributed by atoms with Crippen LogP contribution in [0.3, 0.4) is 0 Å². The van der Waals surface area contributed by atoms with E-state index in [-0.39, 0.29) is 30.3 Å². The first-order chi connectivity index (χ1) is 17.2. The number of piperazine rings is 1. The van der Waals surface area contributed by atoms with Gasteiger partial charge in [0.1, 0.15) is 6.04 Å². The molecule has 1 aromatic carbocycles. The van der Waals surface area contributed by atoms with E-state index in [1.807, 2.05) is 11.0 Å². The monoisotopic (exact) mass is 539 g/mol. The van der Waals surface area contributed by atoms with E-state index in [0.29, 0.717) is 35.5 Å². The van der Waals surface area contributed by atoms with Gasteiger partial charge >= 0.3 is 0 Å². The smallest absolute Gasteiger partial charge is 0.245 e. The number of nitrogens with one attached hydrogen (secondary N) is 2. The lowest BCUT2D eigenvalue weighted by Crippen LogP contribution is -2.63. The van der Waals surface area contributed by atoms with Crippen LogP contribution in [0.4, 0.5) is 0 Å². The molecule has 7 nitrogen and oxygen atoms in total. The van der Waals surface area contributed by atoms with Gasteiger partial charge in [0.15, 0.2) is 0 Å².